The molecule has 3 heterocycles. The summed E-state index contributed by atoms with van der Waals surface area (Å²) >= 11 is 5.94. The predicted molar refractivity (Wildman–Crippen MR) is 145 cm³/mol. The van der Waals surface area contributed by atoms with Crippen LogP contribution >= 0.6 is 11.6 Å². The fourth-order valence-corrected chi connectivity index (χ4v) is 4.61. The van der Waals surface area contributed by atoms with Crippen LogP contribution in [0.2, 0.25) is 0 Å². The topological polar surface area (TPSA) is 70.0 Å². The summed E-state index contributed by atoms with van der Waals surface area (Å²) in [5, 5.41) is -0.356. The number of alkyl halides is 4. The Hall–Kier alpha value is -3.09. The van der Waals surface area contributed by atoms with E-state index in [1.54, 1.807) is 18.2 Å². The fraction of sp³-hybridized carbons (Fsp3) is 0.462. The molecule has 0 aromatic carbocycles. The van der Waals surface area contributed by atoms with Crippen molar-refractivity contribution in [2.75, 3.05) is 75.5 Å². The molecule has 0 unspecified atom stereocenters. The van der Waals surface area contributed by atoms with Gasteiger partial charge in [-0.15, -0.1) is 0 Å². The highest BCUT2D eigenvalue weighted by Crippen LogP contribution is 2.37. The Labute approximate surface area is 229 Å². The van der Waals surface area contributed by atoms with E-state index in [0.29, 0.717) is 76.5 Å². The number of hydrogen-bond donors (Lipinski definition) is 0. The van der Waals surface area contributed by atoms with Crippen LogP contribution in [0.3, 0.4) is 0 Å². The number of aromatic nitrogens is 3. The van der Waals surface area contributed by atoms with Gasteiger partial charge in [0.2, 0.25) is 11.9 Å². The lowest BCUT2D eigenvalue weighted by Crippen LogP contribution is -2.48. The molecule has 2 aliphatic heterocycles. The molecule has 8 nitrogen and oxygen atoms in total. The number of piperazine rings is 1. The molecule has 1 aromatic heterocycles. The quantitative estimate of drug-likeness (QED) is 0.263. The van der Waals surface area contributed by atoms with E-state index in [1.165, 1.54) is 12.3 Å². The van der Waals surface area contributed by atoms with Crippen molar-refractivity contribution in [2.24, 2.45) is 4.99 Å². The van der Waals surface area contributed by atoms with E-state index in [4.69, 9.17) is 16.3 Å². The molecule has 39 heavy (non-hydrogen) atoms. The summed E-state index contributed by atoms with van der Waals surface area (Å²) in [5.41, 5.74) is -0.0853. The predicted octanol–water partition coefficient (Wildman–Crippen LogP) is 4.34. The molecular weight excluding hydrogens is 538 g/mol. The van der Waals surface area contributed by atoms with Gasteiger partial charge in [-0.3, -0.25) is 9.89 Å². The minimum atomic E-state index is -4.62. The van der Waals surface area contributed by atoms with E-state index in [2.05, 4.69) is 31.6 Å². The minimum Gasteiger partial charge on any atom is -0.378 e. The number of hydrogen-bond acceptors (Lipinski definition) is 8. The van der Waals surface area contributed by atoms with Crippen molar-refractivity contribution in [3.63, 3.8) is 0 Å². The van der Waals surface area contributed by atoms with Crippen LogP contribution in [0.1, 0.15) is 12.2 Å². The lowest BCUT2D eigenvalue weighted by molar-refractivity contribution is -0.0885. The zero-order valence-corrected chi connectivity index (χ0v) is 22.1. The lowest BCUT2D eigenvalue weighted by Gasteiger charge is -2.35. The molecule has 0 amide bonds. The lowest BCUT2D eigenvalue weighted by atomic mass is 10.1. The minimum absolute atomic E-state index is 0.149. The van der Waals surface area contributed by atoms with E-state index >= 15 is 0 Å². The first-order valence-corrected chi connectivity index (χ1v) is 12.9. The molecule has 4 rings (SSSR count). The monoisotopic (exact) mass is 567 g/mol. The van der Waals surface area contributed by atoms with E-state index in [-0.39, 0.29) is 22.9 Å². The Bertz CT molecular complexity index is 1180. The average Bonchev–Trinajstić information content (AvgIpc) is 3.15. The summed E-state index contributed by atoms with van der Waals surface area (Å²) in [6.45, 7) is 7.77. The highest BCUT2D eigenvalue weighted by molar-refractivity contribution is 6.32. The van der Waals surface area contributed by atoms with E-state index in [0.717, 1.165) is 6.08 Å². The standard InChI is InChI=1S/C26H30ClF4N7O/c1-32-7-3-4-19(17-28)18-36-8-10-37(11-9-36)24-33-23(34-25(35-24)38-12-14-39-15-13-38)20-5-2-6-22(27)21(16-20)26(29,30)31/h3-7,16H,1-2,8-15,17-18H2/b7-3-,19-4-. The molecular formula is C26H30ClF4N7O. The van der Waals surface area contributed by atoms with Gasteiger partial charge < -0.3 is 14.5 Å². The van der Waals surface area contributed by atoms with Gasteiger partial charge in [-0.1, -0.05) is 29.8 Å². The Morgan fingerprint density at radius 2 is 1.69 bits per heavy atom. The molecule has 0 N–H and O–H groups in total. The van der Waals surface area contributed by atoms with Crippen molar-refractivity contribution in [1.82, 2.24) is 19.9 Å². The summed E-state index contributed by atoms with van der Waals surface area (Å²) < 4.78 is 60.0. The molecule has 0 bridgehead atoms. The molecule has 0 spiro atoms. The average molecular weight is 568 g/mol. The molecule has 1 aliphatic carbocycles. The molecule has 210 valence electrons. The van der Waals surface area contributed by atoms with Crippen LogP contribution in [0, 0.1) is 0 Å². The zero-order valence-electron chi connectivity index (χ0n) is 21.4. The van der Waals surface area contributed by atoms with E-state index in [9.17, 15) is 17.6 Å². The van der Waals surface area contributed by atoms with Crippen LogP contribution in [0.25, 0.3) is 5.57 Å². The van der Waals surface area contributed by atoms with Gasteiger partial charge in [-0.25, -0.2) is 4.39 Å². The first-order valence-electron chi connectivity index (χ1n) is 12.6. The van der Waals surface area contributed by atoms with Gasteiger partial charge in [-0.2, -0.15) is 28.1 Å². The van der Waals surface area contributed by atoms with Crippen LogP contribution < -0.4 is 9.80 Å². The van der Waals surface area contributed by atoms with Crippen molar-refractivity contribution in [3.05, 3.63) is 58.6 Å². The molecule has 2 fully saturated rings. The van der Waals surface area contributed by atoms with Gasteiger partial charge in [-0.05, 0) is 30.9 Å². The Morgan fingerprint density at radius 3 is 2.31 bits per heavy atom. The Morgan fingerprint density at radius 1 is 1.03 bits per heavy atom. The maximum atomic E-state index is 13.7. The van der Waals surface area contributed by atoms with E-state index in [1.807, 2.05) is 9.80 Å². The van der Waals surface area contributed by atoms with Crippen LogP contribution in [0.5, 0.6) is 0 Å². The molecule has 0 saturated carbocycles. The Kier molecular flexibility index (Phi) is 9.87. The van der Waals surface area contributed by atoms with Crippen molar-refractivity contribution in [3.8, 4) is 0 Å². The summed E-state index contributed by atoms with van der Waals surface area (Å²) in [6.07, 6.45) is 4.37. The maximum absolute atomic E-state index is 13.7. The van der Waals surface area contributed by atoms with Gasteiger partial charge in [0.15, 0.2) is 5.82 Å². The van der Waals surface area contributed by atoms with Gasteiger partial charge in [0.05, 0.1) is 18.8 Å². The summed E-state index contributed by atoms with van der Waals surface area (Å²) in [4.78, 5) is 23.5. The maximum Gasteiger partial charge on any atom is 0.417 e. The molecule has 3 aliphatic rings. The molecule has 0 atom stereocenters. The number of halogens is 5. The van der Waals surface area contributed by atoms with Crippen molar-refractivity contribution in [2.45, 2.75) is 12.6 Å². The number of nitrogens with zero attached hydrogens (tertiary/aromatic N) is 7. The highest BCUT2D eigenvalue weighted by atomic mass is 35.5. The highest BCUT2D eigenvalue weighted by Gasteiger charge is 2.36. The van der Waals surface area contributed by atoms with Gasteiger partial charge >= 0.3 is 6.18 Å². The smallest absolute Gasteiger partial charge is 0.378 e. The number of rotatable bonds is 8. The first kappa shape index (κ1) is 28.9. The molecule has 0 radical (unpaired) electrons. The van der Waals surface area contributed by atoms with Gasteiger partial charge in [0.25, 0.3) is 0 Å². The first-order chi connectivity index (χ1) is 18.8. The van der Waals surface area contributed by atoms with Crippen LogP contribution in [-0.2, 0) is 4.74 Å². The van der Waals surface area contributed by atoms with E-state index < -0.39 is 18.4 Å². The third-order valence-corrected chi connectivity index (χ3v) is 6.80. The van der Waals surface area contributed by atoms with Crippen molar-refractivity contribution < 1.29 is 22.3 Å². The van der Waals surface area contributed by atoms with Crippen molar-refractivity contribution in [1.29, 1.82) is 0 Å². The van der Waals surface area contributed by atoms with Crippen LogP contribution in [-0.4, -0.2) is 98.4 Å². The second kappa shape index (κ2) is 13.3. The zero-order chi connectivity index (χ0) is 27.8. The largest absolute Gasteiger partial charge is 0.417 e. The van der Waals surface area contributed by atoms with Crippen LogP contribution in [0.15, 0.2) is 57.8 Å². The summed E-state index contributed by atoms with van der Waals surface area (Å²) in [7, 11) is 0. The normalized spacial score (nSPS) is 20.0. The summed E-state index contributed by atoms with van der Waals surface area (Å²) in [6, 6.07) is 0. The second-order valence-electron chi connectivity index (χ2n) is 9.11. The van der Waals surface area contributed by atoms with Crippen LogP contribution in [0.4, 0.5) is 29.5 Å². The number of anilines is 2. The number of allylic oxidation sites excluding steroid dienone is 8. The molecule has 13 heteroatoms. The fourth-order valence-electron chi connectivity index (χ4n) is 4.36. The Balaban J connectivity index is 1.59. The molecule has 2 saturated heterocycles. The van der Waals surface area contributed by atoms with Gasteiger partial charge in [0, 0.05) is 62.6 Å². The summed E-state index contributed by atoms with van der Waals surface area (Å²) in [5.74, 6) is 0.918. The third kappa shape index (κ3) is 7.74. The number of morpholine rings is 1. The third-order valence-electron chi connectivity index (χ3n) is 6.44. The second-order valence-corrected chi connectivity index (χ2v) is 9.51. The SMILES string of the molecule is C=N/C=C\C=C(\CF)CN1CCN(c2nc(C3=CCC=C(Cl)C(C(F)(F)F)=C3)nc(N3CCOCC3)n2)CC1. The number of ether oxygens (including phenoxy) is 1. The number of aliphatic imine (C=N–C) groups is 1. The molecule has 1 aromatic rings. The van der Waals surface area contributed by atoms with Crippen molar-refractivity contribution >= 4 is 35.8 Å². The van der Waals surface area contributed by atoms with Gasteiger partial charge in [0.1, 0.15) is 6.67 Å².